The van der Waals surface area contributed by atoms with E-state index in [1.807, 2.05) is 24.3 Å². The van der Waals surface area contributed by atoms with Crippen molar-refractivity contribution in [1.29, 1.82) is 0 Å². The number of rotatable bonds is 7. The highest BCUT2D eigenvalue weighted by Crippen LogP contribution is 2.28. The van der Waals surface area contributed by atoms with Crippen molar-refractivity contribution in [2.24, 2.45) is 0 Å². The van der Waals surface area contributed by atoms with Crippen molar-refractivity contribution in [3.8, 4) is 11.5 Å². The van der Waals surface area contributed by atoms with E-state index in [0.717, 1.165) is 24.5 Å². The summed E-state index contributed by atoms with van der Waals surface area (Å²) in [4.78, 5) is 14.4. The Hall–Kier alpha value is -2.83. The number of hydrogen-bond donors (Lipinski definition) is 1. The molecule has 7 heteroatoms. The van der Waals surface area contributed by atoms with Crippen molar-refractivity contribution in [3.05, 3.63) is 35.9 Å². The van der Waals surface area contributed by atoms with Gasteiger partial charge in [0.25, 0.3) is 0 Å². The third-order valence-corrected chi connectivity index (χ3v) is 4.44. The molecule has 0 saturated carbocycles. The van der Waals surface area contributed by atoms with Crippen molar-refractivity contribution >= 4 is 17.5 Å². The van der Waals surface area contributed by atoms with E-state index in [2.05, 4.69) is 20.4 Å². The van der Waals surface area contributed by atoms with Crippen LogP contribution in [0, 0.1) is 0 Å². The number of carbonyl (C=O) groups excluding carboxylic acids is 1. The Balaban J connectivity index is 1.52. The Morgan fingerprint density at radius 3 is 2.50 bits per heavy atom. The van der Waals surface area contributed by atoms with Crippen LogP contribution in [-0.2, 0) is 11.2 Å². The molecule has 1 N–H and O–H groups in total. The van der Waals surface area contributed by atoms with Gasteiger partial charge in [-0.3, -0.25) is 4.79 Å². The number of ether oxygens (including phenoxy) is 2. The highest BCUT2D eigenvalue weighted by atomic mass is 16.5. The third-order valence-electron chi connectivity index (χ3n) is 4.44. The Labute approximate surface area is 153 Å². The molecule has 1 aromatic heterocycles. The van der Waals surface area contributed by atoms with Gasteiger partial charge in [0.15, 0.2) is 23.1 Å². The van der Waals surface area contributed by atoms with Crippen molar-refractivity contribution in [2.45, 2.75) is 25.7 Å². The maximum absolute atomic E-state index is 12.2. The van der Waals surface area contributed by atoms with Crippen LogP contribution in [0.1, 0.15) is 24.8 Å². The predicted molar refractivity (Wildman–Crippen MR) is 100.0 cm³/mol. The van der Waals surface area contributed by atoms with E-state index in [0.29, 0.717) is 30.2 Å². The second-order valence-electron chi connectivity index (χ2n) is 6.21. The number of aromatic nitrogens is 2. The van der Waals surface area contributed by atoms with Crippen LogP contribution in [0.25, 0.3) is 0 Å². The summed E-state index contributed by atoms with van der Waals surface area (Å²) >= 11 is 0. The number of anilines is 2. The molecule has 0 radical (unpaired) electrons. The van der Waals surface area contributed by atoms with Gasteiger partial charge in [0.2, 0.25) is 5.91 Å². The average molecular weight is 356 g/mol. The number of amides is 1. The number of carbonyl (C=O) groups is 1. The normalized spacial score (nSPS) is 13.5. The summed E-state index contributed by atoms with van der Waals surface area (Å²) in [5.41, 5.74) is 1.01. The van der Waals surface area contributed by atoms with Gasteiger partial charge in [0, 0.05) is 19.5 Å². The quantitative estimate of drug-likeness (QED) is 0.822. The van der Waals surface area contributed by atoms with E-state index in [1.165, 1.54) is 12.8 Å². The monoisotopic (exact) mass is 356 g/mol. The molecule has 1 aliphatic heterocycles. The summed E-state index contributed by atoms with van der Waals surface area (Å²) in [6.07, 6.45) is 3.34. The van der Waals surface area contributed by atoms with Gasteiger partial charge in [-0.15, -0.1) is 10.2 Å². The van der Waals surface area contributed by atoms with Crippen LogP contribution in [0.5, 0.6) is 11.5 Å². The van der Waals surface area contributed by atoms with Crippen molar-refractivity contribution in [2.75, 3.05) is 37.5 Å². The van der Waals surface area contributed by atoms with E-state index < -0.39 is 0 Å². The first kappa shape index (κ1) is 18.0. The fourth-order valence-electron chi connectivity index (χ4n) is 3.01. The van der Waals surface area contributed by atoms with E-state index in [9.17, 15) is 4.79 Å². The zero-order valence-electron chi connectivity index (χ0n) is 15.2. The standard InChI is InChI=1S/C19H24N4O3/c1-25-15-7-5-14(13-16(15)26-2)6-10-19(24)20-17-8-9-18(22-21-17)23-11-3-4-12-23/h5,7-9,13H,3-4,6,10-12H2,1-2H3,(H,20,21,24). The second kappa shape index (κ2) is 8.51. The molecule has 2 aromatic rings. The Morgan fingerprint density at radius 1 is 1.08 bits per heavy atom. The van der Waals surface area contributed by atoms with Crippen LogP contribution in [0.2, 0.25) is 0 Å². The molecular formula is C19H24N4O3. The van der Waals surface area contributed by atoms with Crippen LogP contribution >= 0.6 is 0 Å². The smallest absolute Gasteiger partial charge is 0.225 e. The van der Waals surface area contributed by atoms with E-state index in [1.54, 1.807) is 20.3 Å². The molecule has 0 bridgehead atoms. The first-order valence-corrected chi connectivity index (χ1v) is 8.79. The highest BCUT2D eigenvalue weighted by Gasteiger charge is 2.14. The lowest BCUT2D eigenvalue weighted by Crippen LogP contribution is -2.20. The van der Waals surface area contributed by atoms with E-state index in [-0.39, 0.29) is 5.91 Å². The topological polar surface area (TPSA) is 76.6 Å². The van der Waals surface area contributed by atoms with Gasteiger partial charge >= 0.3 is 0 Å². The molecule has 0 atom stereocenters. The summed E-state index contributed by atoms with van der Waals surface area (Å²) < 4.78 is 10.5. The zero-order valence-corrected chi connectivity index (χ0v) is 15.2. The van der Waals surface area contributed by atoms with Crippen molar-refractivity contribution < 1.29 is 14.3 Å². The number of nitrogens with zero attached hydrogens (tertiary/aromatic N) is 3. The number of hydrogen-bond acceptors (Lipinski definition) is 6. The van der Waals surface area contributed by atoms with Crippen LogP contribution in [0.4, 0.5) is 11.6 Å². The molecule has 3 rings (SSSR count). The van der Waals surface area contributed by atoms with Crippen LogP contribution in [0.15, 0.2) is 30.3 Å². The molecule has 2 heterocycles. The summed E-state index contributed by atoms with van der Waals surface area (Å²) in [6, 6.07) is 9.36. The molecule has 138 valence electrons. The molecule has 0 unspecified atom stereocenters. The largest absolute Gasteiger partial charge is 0.493 e. The van der Waals surface area contributed by atoms with Crippen LogP contribution in [0.3, 0.4) is 0 Å². The molecule has 0 aliphatic carbocycles. The minimum Gasteiger partial charge on any atom is -0.493 e. The van der Waals surface area contributed by atoms with Crippen LogP contribution in [-0.4, -0.2) is 43.4 Å². The summed E-state index contributed by atoms with van der Waals surface area (Å²) in [7, 11) is 3.19. The van der Waals surface area contributed by atoms with Crippen molar-refractivity contribution in [3.63, 3.8) is 0 Å². The number of methoxy groups -OCH3 is 2. The number of nitrogens with one attached hydrogen (secondary N) is 1. The van der Waals surface area contributed by atoms with Gasteiger partial charge in [0.05, 0.1) is 14.2 Å². The molecule has 1 aromatic carbocycles. The fourth-order valence-corrected chi connectivity index (χ4v) is 3.01. The Kier molecular flexibility index (Phi) is 5.88. The van der Waals surface area contributed by atoms with Gasteiger partial charge in [-0.2, -0.15) is 0 Å². The lowest BCUT2D eigenvalue weighted by molar-refractivity contribution is -0.116. The van der Waals surface area contributed by atoms with Gasteiger partial charge < -0.3 is 19.7 Å². The predicted octanol–water partition coefficient (Wildman–Crippen LogP) is 2.67. The van der Waals surface area contributed by atoms with E-state index in [4.69, 9.17) is 9.47 Å². The molecule has 1 amide bonds. The summed E-state index contributed by atoms with van der Waals surface area (Å²) in [5.74, 6) is 2.59. The van der Waals surface area contributed by atoms with Crippen molar-refractivity contribution in [1.82, 2.24) is 10.2 Å². The second-order valence-corrected chi connectivity index (χ2v) is 6.21. The molecule has 0 spiro atoms. The Morgan fingerprint density at radius 2 is 1.85 bits per heavy atom. The van der Waals surface area contributed by atoms with Crippen LogP contribution < -0.4 is 19.7 Å². The first-order chi connectivity index (χ1) is 12.7. The van der Waals surface area contributed by atoms with Gasteiger partial charge in [-0.05, 0) is 49.1 Å². The fraction of sp³-hybridized carbons (Fsp3) is 0.421. The highest BCUT2D eigenvalue weighted by molar-refractivity contribution is 5.89. The lowest BCUT2D eigenvalue weighted by Gasteiger charge is -2.15. The van der Waals surface area contributed by atoms with E-state index >= 15 is 0 Å². The molecule has 1 fully saturated rings. The van der Waals surface area contributed by atoms with Gasteiger partial charge in [-0.25, -0.2) is 0 Å². The third kappa shape index (κ3) is 4.41. The molecule has 1 aliphatic rings. The lowest BCUT2D eigenvalue weighted by atomic mass is 10.1. The zero-order chi connectivity index (χ0) is 18.4. The number of aryl methyl sites for hydroxylation is 1. The molecule has 26 heavy (non-hydrogen) atoms. The van der Waals surface area contributed by atoms with Gasteiger partial charge in [-0.1, -0.05) is 6.07 Å². The minimum absolute atomic E-state index is 0.0944. The average Bonchev–Trinajstić information content (AvgIpc) is 3.21. The Bertz CT molecular complexity index is 743. The summed E-state index contributed by atoms with van der Waals surface area (Å²) in [5, 5.41) is 11.1. The molecule has 1 saturated heterocycles. The molecular weight excluding hydrogens is 332 g/mol. The SMILES string of the molecule is COc1ccc(CCC(=O)Nc2ccc(N3CCCC3)nn2)cc1OC. The maximum Gasteiger partial charge on any atom is 0.225 e. The minimum atomic E-state index is -0.0944. The maximum atomic E-state index is 12.2. The number of benzene rings is 1. The van der Waals surface area contributed by atoms with Gasteiger partial charge in [0.1, 0.15) is 0 Å². The first-order valence-electron chi connectivity index (χ1n) is 8.79. The summed E-state index contributed by atoms with van der Waals surface area (Å²) in [6.45, 7) is 2.04. The molecule has 7 nitrogen and oxygen atoms in total.